The van der Waals surface area contributed by atoms with Gasteiger partial charge in [0.2, 0.25) is 0 Å². The maximum Gasteiger partial charge on any atom is 2.00 e. The van der Waals surface area contributed by atoms with Crippen LogP contribution in [0.1, 0.15) is 25.0 Å². The molecule has 0 saturated heterocycles. The largest absolute Gasteiger partial charge is 2.00 e. The minimum Gasteiger partial charge on any atom is -0.778 e. The van der Waals surface area contributed by atoms with E-state index >= 15 is 0 Å². The number of benzene rings is 2. The van der Waals surface area contributed by atoms with E-state index in [0.717, 1.165) is 0 Å². The van der Waals surface area contributed by atoms with Gasteiger partial charge in [0.05, 0.1) is 13.2 Å². The van der Waals surface area contributed by atoms with Crippen molar-refractivity contribution in [1.29, 1.82) is 0 Å². The molecule has 11 heteroatoms. The van der Waals surface area contributed by atoms with E-state index in [1.54, 1.807) is 62.4 Å². The van der Waals surface area contributed by atoms with Crippen LogP contribution in [0.3, 0.4) is 0 Å². The molecule has 0 aliphatic carbocycles. The van der Waals surface area contributed by atoms with E-state index in [0.29, 0.717) is 21.2 Å². The molecule has 0 heterocycles. The van der Waals surface area contributed by atoms with E-state index in [9.17, 15) is 18.9 Å². The van der Waals surface area contributed by atoms with Gasteiger partial charge < -0.3 is 28.0 Å². The molecule has 0 aliphatic rings. The van der Waals surface area contributed by atoms with Gasteiger partial charge in [-0.1, -0.05) is 47.5 Å². The third-order valence-corrected chi connectivity index (χ3v) is 6.54. The van der Waals surface area contributed by atoms with Crippen LogP contribution in [-0.4, -0.2) is 36.3 Å². The van der Waals surface area contributed by atoms with E-state index < -0.39 is 15.2 Å². The molecular weight excluding hydrogens is 469 g/mol. The zero-order valence-electron chi connectivity index (χ0n) is 16.3. The van der Waals surface area contributed by atoms with Gasteiger partial charge in [-0.05, 0) is 49.2 Å². The van der Waals surface area contributed by atoms with Crippen molar-refractivity contribution in [2.75, 3.05) is 13.2 Å². The first-order valence-corrected chi connectivity index (χ1v) is 12.7. The topological polar surface area (TPSA) is 98.7 Å². The van der Waals surface area contributed by atoms with E-state index in [1.807, 2.05) is 0 Å². The summed E-state index contributed by atoms with van der Waals surface area (Å²) in [5, 5.41) is 1.18. The van der Waals surface area contributed by atoms with E-state index in [-0.39, 0.29) is 48.6 Å². The minimum atomic E-state index is -3.72. The van der Waals surface area contributed by atoms with Crippen LogP contribution < -0.4 is 9.79 Å². The summed E-state index contributed by atoms with van der Waals surface area (Å²) in [6.07, 6.45) is -0.171. The number of hydrogen-bond donors (Lipinski definition) is 0. The van der Waals surface area contributed by atoms with Gasteiger partial charge in [-0.15, -0.1) is 0 Å². The summed E-state index contributed by atoms with van der Waals surface area (Å²) < 4.78 is 31.8. The standard InChI is InChI=1S/2C9H12ClO3P.Mg/c2*1-2-13-14(11,12)7-8-3-5-9(10)6-4-8;/h2*3-6H,2,7H2,1H3,(H,11,12);/q;;+2/p-2. The van der Waals surface area contributed by atoms with Crippen molar-refractivity contribution in [3.63, 3.8) is 0 Å². The summed E-state index contributed by atoms with van der Waals surface area (Å²) in [7, 11) is -7.45. The maximum atomic E-state index is 11.3. The van der Waals surface area contributed by atoms with E-state index in [1.165, 1.54) is 0 Å². The van der Waals surface area contributed by atoms with Crippen molar-refractivity contribution >= 4 is 61.4 Å². The van der Waals surface area contributed by atoms with Crippen molar-refractivity contribution in [3.8, 4) is 0 Å². The van der Waals surface area contributed by atoms with Crippen molar-refractivity contribution in [2.45, 2.75) is 26.2 Å². The monoisotopic (exact) mass is 490 g/mol. The first kappa shape index (κ1) is 29.1. The molecule has 0 amide bonds. The van der Waals surface area contributed by atoms with Crippen LogP contribution in [-0.2, 0) is 30.5 Å². The Bertz CT molecular complexity index is 749. The molecule has 0 spiro atoms. The van der Waals surface area contributed by atoms with E-state index in [4.69, 9.17) is 23.2 Å². The summed E-state index contributed by atoms with van der Waals surface area (Å²) in [4.78, 5) is 22.5. The number of rotatable bonds is 8. The summed E-state index contributed by atoms with van der Waals surface area (Å²) in [6.45, 7) is 3.64. The molecule has 0 aromatic heterocycles. The van der Waals surface area contributed by atoms with Gasteiger partial charge in [0.15, 0.2) is 0 Å². The fraction of sp³-hybridized carbons (Fsp3) is 0.333. The van der Waals surface area contributed by atoms with Crippen molar-refractivity contribution in [3.05, 3.63) is 69.7 Å². The normalized spacial score (nSPS) is 14.6. The molecule has 2 aromatic rings. The van der Waals surface area contributed by atoms with Crippen molar-refractivity contribution in [2.24, 2.45) is 0 Å². The molecule has 0 aliphatic heterocycles. The summed E-state index contributed by atoms with van der Waals surface area (Å²) in [5.41, 5.74) is 1.36. The molecule has 2 unspecified atom stereocenters. The zero-order chi connectivity index (χ0) is 21.2. The van der Waals surface area contributed by atoms with Gasteiger partial charge in [0.1, 0.15) is 15.2 Å². The molecule has 29 heavy (non-hydrogen) atoms. The Hall–Kier alpha value is 0.0862. The zero-order valence-corrected chi connectivity index (χ0v) is 21.0. The molecule has 2 atom stereocenters. The smallest absolute Gasteiger partial charge is 0.778 e. The van der Waals surface area contributed by atoms with Crippen LogP contribution >= 0.6 is 38.4 Å². The van der Waals surface area contributed by atoms with Crippen molar-refractivity contribution in [1.82, 2.24) is 0 Å². The molecule has 0 N–H and O–H groups in total. The second-order valence-corrected chi connectivity index (χ2v) is 10.1. The molecule has 2 aromatic carbocycles. The minimum absolute atomic E-state index is 0. The van der Waals surface area contributed by atoms with Gasteiger partial charge in [-0.25, -0.2) is 0 Å². The second kappa shape index (κ2) is 14.2. The molecule has 0 fully saturated rings. The van der Waals surface area contributed by atoms with Gasteiger partial charge in [-0.2, -0.15) is 0 Å². The Morgan fingerprint density at radius 2 is 1.00 bits per heavy atom. The van der Waals surface area contributed by atoms with Crippen LogP contribution in [0.4, 0.5) is 0 Å². The number of hydrogen-bond acceptors (Lipinski definition) is 6. The van der Waals surface area contributed by atoms with Crippen LogP contribution in [0, 0.1) is 0 Å². The molecule has 2 rings (SSSR count). The third kappa shape index (κ3) is 13.2. The molecular formula is C18H22Cl2MgO6P2. The molecule has 0 bridgehead atoms. The van der Waals surface area contributed by atoms with E-state index in [2.05, 4.69) is 9.05 Å². The predicted molar refractivity (Wildman–Crippen MR) is 115 cm³/mol. The quantitative estimate of drug-likeness (QED) is 0.399. The first-order valence-electron chi connectivity index (χ1n) is 8.45. The molecule has 6 nitrogen and oxygen atoms in total. The summed E-state index contributed by atoms with van der Waals surface area (Å²) in [5.74, 6) is 0. The summed E-state index contributed by atoms with van der Waals surface area (Å²) in [6, 6.07) is 13.3. The Kier molecular flexibility index (Phi) is 14.2. The van der Waals surface area contributed by atoms with Crippen LogP contribution in [0.25, 0.3) is 0 Å². The predicted octanol–water partition coefficient (Wildman–Crippen LogP) is 4.48. The first-order chi connectivity index (χ1) is 13.1. The molecule has 0 radical (unpaired) electrons. The Balaban J connectivity index is 0.000000523. The fourth-order valence-electron chi connectivity index (χ4n) is 2.11. The van der Waals surface area contributed by atoms with Crippen LogP contribution in [0.15, 0.2) is 48.5 Å². The summed E-state index contributed by atoms with van der Waals surface area (Å²) >= 11 is 11.3. The average Bonchev–Trinajstić information content (AvgIpc) is 2.59. The average molecular weight is 492 g/mol. The number of halogens is 2. The van der Waals surface area contributed by atoms with Crippen LogP contribution in [0.2, 0.25) is 10.0 Å². The van der Waals surface area contributed by atoms with Gasteiger partial charge in [0, 0.05) is 22.4 Å². The van der Waals surface area contributed by atoms with Crippen molar-refractivity contribution < 1.29 is 28.0 Å². The van der Waals surface area contributed by atoms with Gasteiger partial charge in [0.25, 0.3) is 0 Å². The Morgan fingerprint density at radius 1 is 0.724 bits per heavy atom. The van der Waals surface area contributed by atoms with Gasteiger partial charge in [-0.3, -0.25) is 0 Å². The maximum absolute atomic E-state index is 11.3. The Labute approximate surface area is 197 Å². The SMILES string of the molecule is CCOP(=O)([O-])Cc1ccc(Cl)cc1.CCOP(=O)([O-])Cc1ccc(Cl)cc1.[Mg+2]. The Morgan fingerprint density at radius 3 is 1.24 bits per heavy atom. The fourth-order valence-corrected chi connectivity index (χ4v) is 4.65. The molecule has 156 valence electrons. The van der Waals surface area contributed by atoms with Gasteiger partial charge >= 0.3 is 23.1 Å². The second-order valence-electron chi connectivity index (χ2n) is 5.63. The van der Waals surface area contributed by atoms with Crippen LogP contribution in [0.5, 0.6) is 0 Å². The molecule has 0 saturated carbocycles. The third-order valence-electron chi connectivity index (χ3n) is 3.23.